The van der Waals surface area contributed by atoms with E-state index in [0.717, 1.165) is 64.3 Å². The molecule has 9 heteroatoms. The molecule has 8 nitrogen and oxygen atoms in total. The highest BCUT2D eigenvalue weighted by Gasteiger charge is 2.48. The van der Waals surface area contributed by atoms with Crippen molar-refractivity contribution < 1.29 is 28.0 Å². The molecule has 3 atom stereocenters. The first-order chi connectivity index (χ1) is 15.8. The van der Waals surface area contributed by atoms with Gasteiger partial charge < -0.3 is 14.8 Å². The molecule has 0 spiro atoms. The monoisotopic (exact) mass is 486 g/mol. The van der Waals surface area contributed by atoms with Crippen molar-refractivity contribution in [3.8, 4) is 0 Å². The number of quaternary nitrogens is 1. The molecule has 2 aliphatic carbocycles. The summed E-state index contributed by atoms with van der Waals surface area (Å²) >= 11 is 0. The maximum atomic E-state index is 12.7. The van der Waals surface area contributed by atoms with Gasteiger partial charge in [0.05, 0.1) is 24.5 Å². The number of hydrogen-bond acceptors (Lipinski definition) is 7. The topological polar surface area (TPSA) is 92.8 Å². The molecule has 4 rings (SSSR count). The van der Waals surface area contributed by atoms with Gasteiger partial charge in [-0.05, 0) is 63.2 Å². The predicted octanol–water partition coefficient (Wildman–Crippen LogP) is 0.616. The van der Waals surface area contributed by atoms with Gasteiger partial charge in [-0.1, -0.05) is 0 Å². The number of rotatable bonds is 7. The quantitative estimate of drug-likeness (QED) is 0.527. The van der Waals surface area contributed by atoms with E-state index in [-0.39, 0.29) is 17.3 Å². The van der Waals surface area contributed by atoms with Crippen molar-refractivity contribution in [1.29, 1.82) is 0 Å². The summed E-state index contributed by atoms with van der Waals surface area (Å²) in [7, 11) is 0.362. The molecule has 4 fully saturated rings. The molecular weight excluding hydrogens is 442 g/mol. The zero-order valence-corrected chi connectivity index (χ0v) is 21.5. The molecule has 4 aliphatic rings. The molecule has 2 N–H and O–H groups in total. The summed E-state index contributed by atoms with van der Waals surface area (Å²) in [6, 6.07) is 0.734. The van der Waals surface area contributed by atoms with Crippen molar-refractivity contribution in [2.75, 3.05) is 46.8 Å². The van der Waals surface area contributed by atoms with Gasteiger partial charge in [0.1, 0.15) is 28.6 Å². The fraction of sp³-hybridized carbons (Fsp3) is 0.958. The number of likely N-dealkylation sites (tertiary alicyclic amines) is 1. The smallest absolute Gasteiger partial charge is 0.323 e. The summed E-state index contributed by atoms with van der Waals surface area (Å²) in [5.74, 6) is 1.07. The van der Waals surface area contributed by atoms with Gasteiger partial charge >= 0.3 is 5.97 Å². The van der Waals surface area contributed by atoms with Gasteiger partial charge in [0, 0.05) is 39.4 Å². The van der Waals surface area contributed by atoms with Gasteiger partial charge in [0.2, 0.25) is 0 Å². The van der Waals surface area contributed by atoms with E-state index in [2.05, 4.69) is 15.1 Å². The number of nitrogens with zero attached hydrogens (tertiary/aromatic N) is 2. The molecule has 0 amide bonds. The number of esters is 1. The molecule has 2 heterocycles. The Kier molecular flexibility index (Phi) is 8.37. The highest BCUT2D eigenvalue weighted by atomic mass is 32.2. The van der Waals surface area contributed by atoms with Crippen LogP contribution < -0.4 is 5.32 Å². The van der Waals surface area contributed by atoms with Crippen LogP contribution in [-0.2, 0) is 24.1 Å². The van der Waals surface area contributed by atoms with Gasteiger partial charge in [-0.3, -0.25) is 9.69 Å². The first kappa shape index (κ1) is 25.4. The highest BCUT2D eigenvalue weighted by molar-refractivity contribution is 7.91. The lowest BCUT2D eigenvalue weighted by molar-refractivity contribution is -0.678. The van der Waals surface area contributed by atoms with Crippen molar-refractivity contribution in [3.05, 3.63) is 0 Å². The van der Waals surface area contributed by atoms with Crippen LogP contribution in [0.2, 0.25) is 0 Å². The normalized spacial score (nSPS) is 38.7. The third kappa shape index (κ3) is 6.10. The Morgan fingerprint density at radius 3 is 2.12 bits per heavy atom. The van der Waals surface area contributed by atoms with Crippen LogP contribution in [0.1, 0.15) is 57.8 Å². The first-order valence-electron chi connectivity index (χ1n) is 12.9. The number of hydrogen-bond donors (Lipinski definition) is 1. The second-order valence-electron chi connectivity index (χ2n) is 11.0. The van der Waals surface area contributed by atoms with Gasteiger partial charge in [0.15, 0.2) is 0 Å². The molecule has 2 unspecified atom stereocenters. The molecule has 2 aliphatic heterocycles. The third-order valence-electron chi connectivity index (χ3n) is 8.95. The van der Waals surface area contributed by atoms with E-state index >= 15 is 0 Å². The lowest BCUT2D eigenvalue weighted by Gasteiger charge is -2.43. The minimum atomic E-state index is -2.96. The number of methoxy groups -OCH3 is 2. The molecule has 0 aromatic carbocycles. The maximum Gasteiger partial charge on any atom is 0.323 e. The Balaban J connectivity index is 1.37. The zero-order chi connectivity index (χ0) is 23.6. The van der Waals surface area contributed by atoms with Crippen LogP contribution in [-0.4, -0.2) is 100 Å². The predicted molar refractivity (Wildman–Crippen MR) is 126 cm³/mol. The van der Waals surface area contributed by atoms with E-state index in [4.69, 9.17) is 9.47 Å². The largest absolute Gasteiger partial charge is 0.468 e. The second-order valence-corrected chi connectivity index (χ2v) is 13.3. The summed E-state index contributed by atoms with van der Waals surface area (Å²) in [6.07, 6.45) is 10.8. The number of carbonyl (C=O) groups excluding carboxylic acids is 1. The Hall–Kier alpha value is -0.740. The number of sulfone groups is 1. The third-order valence-corrected chi connectivity index (χ3v) is 10.6. The Morgan fingerprint density at radius 1 is 0.939 bits per heavy atom. The minimum absolute atomic E-state index is 0.122. The van der Waals surface area contributed by atoms with E-state index in [1.807, 2.05) is 7.11 Å². The number of nitrogens with two attached hydrogens (primary N) is 1. The van der Waals surface area contributed by atoms with Crippen LogP contribution in [0.4, 0.5) is 0 Å². The molecule has 0 radical (unpaired) electrons. The van der Waals surface area contributed by atoms with E-state index in [9.17, 15) is 13.2 Å². The van der Waals surface area contributed by atoms with E-state index in [0.29, 0.717) is 24.1 Å². The van der Waals surface area contributed by atoms with Crippen LogP contribution in [0.15, 0.2) is 0 Å². The lowest BCUT2D eigenvalue weighted by atomic mass is 9.85. The van der Waals surface area contributed by atoms with Crippen LogP contribution >= 0.6 is 0 Å². The molecule has 2 saturated heterocycles. The Bertz CT molecular complexity index is 762. The molecule has 0 aromatic rings. The van der Waals surface area contributed by atoms with E-state index in [1.54, 1.807) is 0 Å². The van der Waals surface area contributed by atoms with Crippen LogP contribution in [0.3, 0.4) is 0 Å². The van der Waals surface area contributed by atoms with Crippen molar-refractivity contribution in [2.45, 2.75) is 87.3 Å². The second kappa shape index (κ2) is 10.9. The number of carbonyl (C=O) groups is 1. The number of fused-ring (bicyclic) bond motifs is 1. The first-order valence-corrected chi connectivity index (χ1v) is 14.8. The van der Waals surface area contributed by atoms with Gasteiger partial charge in [0.25, 0.3) is 0 Å². The molecule has 2 saturated carbocycles. The highest BCUT2D eigenvalue weighted by Crippen LogP contribution is 2.33. The van der Waals surface area contributed by atoms with Crippen LogP contribution in [0.5, 0.6) is 0 Å². The van der Waals surface area contributed by atoms with Gasteiger partial charge in [-0.15, -0.1) is 0 Å². The van der Waals surface area contributed by atoms with Crippen LogP contribution in [0.25, 0.3) is 0 Å². The van der Waals surface area contributed by atoms with E-state index < -0.39 is 9.84 Å². The maximum absolute atomic E-state index is 12.7. The van der Waals surface area contributed by atoms with Crippen molar-refractivity contribution >= 4 is 15.8 Å². The molecule has 0 aromatic heterocycles. The van der Waals surface area contributed by atoms with Crippen LogP contribution in [0, 0.1) is 11.8 Å². The standard InChI is InChI=1S/C24H43N3O5S/c1-31-19-8-4-17(5-9-19)14-27-16-25-21-12-22(24(28)32-2)26(15-23(21)27)13-18-6-10-20(11-7-18)33(3,29)30/h17-23,25H,4-16H2,1-3H3/p+1/t17?,18?,19?,20?,21?,22-,23?/m0/s1. The minimum Gasteiger partial charge on any atom is -0.468 e. The van der Waals surface area contributed by atoms with Crippen molar-refractivity contribution in [2.24, 2.45) is 11.8 Å². The fourth-order valence-electron chi connectivity index (χ4n) is 6.86. The summed E-state index contributed by atoms with van der Waals surface area (Å²) in [5, 5.41) is 2.24. The SMILES string of the molecule is COC(=O)[C@@H]1CC2[NH2+]CN(CC3CCC(OC)CC3)C2CN1CC1CCC(S(C)(=O)=O)CC1. The summed E-state index contributed by atoms with van der Waals surface area (Å²) < 4.78 is 34.6. The number of piperidine rings is 1. The Morgan fingerprint density at radius 2 is 1.55 bits per heavy atom. The average molecular weight is 487 g/mol. The van der Waals surface area contributed by atoms with E-state index in [1.165, 1.54) is 39.0 Å². The fourth-order valence-corrected chi connectivity index (χ4v) is 7.99. The average Bonchev–Trinajstić information content (AvgIpc) is 3.19. The zero-order valence-electron chi connectivity index (χ0n) is 20.7. The van der Waals surface area contributed by atoms with Crippen molar-refractivity contribution in [1.82, 2.24) is 9.80 Å². The molecule has 33 heavy (non-hydrogen) atoms. The van der Waals surface area contributed by atoms with Gasteiger partial charge in [-0.2, -0.15) is 0 Å². The summed E-state index contributed by atoms with van der Waals surface area (Å²) in [6.45, 7) is 3.93. The Labute approximate surface area is 199 Å². The molecule has 190 valence electrons. The lowest BCUT2D eigenvalue weighted by Crippen LogP contribution is -2.89. The van der Waals surface area contributed by atoms with Gasteiger partial charge in [-0.25, -0.2) is 13.3 Å². The summed E-state index contributed by atoms with van der Waals surface area (Å²) in [4.78, 5) is 17.7. The summed E-state index contributed by atoms with van der Waals surface area (Å²) in [5.41, 5.74) is 0. The molecule has 0 bridgehead atoms. The number of ether oxygens (including phenoxy) is 2. The molecular formula is C24H44N3O5S+. The van der Waals surface area contributed by atoms with Crippen molar-refractivity contribution in [3.63, 3.8) is 0 Å².